The van der Waals surface area contributed by atoms with Gasteiger partial charge in [0.1, 0.15) is 22.8 Å². The smallest absolute Gasteiger partial charge is 0.303 e. The van der Waals surface area contributed by atoms with E-state index in [0.29, 0.717) is 27.1 Å². The Balaban J connectivity index is 2.05. The van der Waals surface area contributed by atoms with Gasteiger partial charge in [-0.15, -0.1) is 0 Å². The Kier molecular flexibility index (Phi) is 5.81. The van der Waals surface area contributed by atoms with E-state index in [1.165, 1.54) is 29.8 Å². The number of Topliss-reactive ketones (excluding diaryl/α,β-unsaturated/α-hetero) is 1. The topological polar surface area (TPSA) is 106 Å². The molecule has 150 valence electrons. The largest absolute Gasteiger partial charge is 0.506 e. The maximum Gasteiger partial charge on any atom is 0.303 e. The normalized spacial score (nSPS) is 10.9. The summed E-state index contributed by atoms with van der Waals surface area (Å²) >= 11 is 12.0. The quantitative estimate of drug-likeness (QED) is 0.556. The van der Waals surface area contributed by atoms with Crippen LogP contribution in [0.3, 0.4) is 0 Å². The second-order valence-corrected chi connectivity index (χ2v) is 7.10. The minimum atomic E-state index is -1.17. The molecule has 0 bridgehead atoms. The number of ether oxygens (including phenoxy) is 1. The Labute approximate surface area is 174 Å². The standard InChI is InChI=1S/C20H15Cl2NO6/c1-23-14-9-11(29-16-6-2-10(21)8-13(16)22)3-4-12(14)19(27)18(20(23)28)15(24)5-7-17(25)26/h2-4,6,8-9,27H,5,7H2,1H3,(H,25,26). The molecular weight excluding hydrogens is 421 g/mol. The highest BCUT2D eigenvalue weighted by Crippen LogP contribution is 2.34. The Morgan fingerprint density at radius 3 is 2.48 bits per heavy atom. The summed E-state index contributed by atoms with van der Waals surface area (Å²) in [6.07, 6.45) is -0.825. The van der Waals surface area contributed by atoms with Crippen LogP contribution in [0.5, 0.6) is 17.2 Å². The molecule has 2 N–H and O–H groups in total. The number of aryl methyl sites for hydroxylation is 1. The lowest BCUT2D eigenvalue weighted by Crippen LogP contribution is -2.25. The molecule has 0 radical (unpaired) electrons. The van der Waals surface area contributed by atoms with Crippen LogP contribution in [0.25, 0.3) is 10.9 Å². The van der Waals surface area contributed by atoms with E-state index in [1.807, 2.05) is 0 Å². The lowest BCUT2D eigenvalue weighted by atomic mass is 10.0. The first kappa shape index (κ1) is 20.7. The maximum atomic E-state index is 12.6. The predicted molar refractivity (Wildman–Crippen MR) is 109 cm³/mol. The van der Waals surface area contributed by atoms with Gasteiger partial charge in [0.15, 0.2) is 5.78 Å². The summed E-state index contributed by atoms with van der Waals surface area (Å²) in [5, 5.41) is 20.2. The van der Waals surface area contributed by atoms with Crippen LogP contribution < -0.4 is 10.3 Å². The van der Waals surface area contributed by atoms with Gasteiger partial charge in [-0.05, 0) is 30.3 Å². The molecule has 0 amide bonds. The van der Waals surface area contributed by atoms with Crippen LogP contribution in [0.2, 0.25) is 10.0 Å². The number of carbonyl (C=O) groups is 2. The number of carboxylic acids is 1. The number of hydrogen-bond acceptors (Lipinski definition) is 5. The Morgan fingerprint density at radius 2 is 1.83 bits per heavy atom. The van der Waals surface area contributed by atoms with Gasteiger partial charge in [-0.1, -0.05) is 23.2 Å². The van der Waals surface area contributed by atoms with Gasteiger partial charge in [-0.3, -0.25) is 14.4 Å². The maximum absolute atomic E-state index is 12.6. The van der Waals surface area contributed by atoms with Crippen molar-refractivity contribution in [1.82, 2.24) is 4.57 Å². The molecule has 2 aromatic carbocycles. The van der Waals surface area contributed by atoms with Crippen molar-refractivity contribution in [2.24, 2.45) is 7.05 Å². The lowest BCUT2D eigenvalue weighted by molar-refractivity contribution is -0.136. The molecule has 1 aromatic heterocycles. The molecule has 7 nitrogen and oxygen atoms in total. The minimum absolute atomic E-state index is 0.250. The minimum Gasteiger partial charge on any atom is -0.506 e. The van der Waals surface area contributed by atoms with Gasteiger partial charge in [-0.25, -0.2) is 0 Å². The van der Waals surface area contributed by atoms with Gasteiger partial charge in [0.25, 0.3) is 5.56 Å². The van der Waals surface area contributed by atoms with E-state index >= 15 is 0 Å². The van der Waals surface area contributed by atoms with E-state index in [-0.39, 0.29) is 11.8 Å². The first-order chi connectivity index (χ1) is 13.7. The summed E-state index contributed by atoms with van der Waals surface area (Å²) < 4.78 is 6.92. The third-order valence-electron chi connectivity index (χ3n) is 4.31. The summed E-state index contributed by atoms with van der Waals surface area (Å²) in [7, 11) is 1.44. The molecule has 29 heavy (non-hydrogen) atoms. The first-order valence-electron chi connectivity index (χ1n) is 8.42. The van der Waals surface area contributed by atoms with Gasteiger partial charge in [0.05, 0.1) is 17.0 Å². The Hall–Kier alpha value is -3.03. The SMILES string of the molecule is Cn1c(=O)c(C(=O)CCC(=O)O)c(O)c2ccc(Oc3ccc(Cl)cc3Cl)cc21. The average molecular weight is 436 g/mol. The molecule has 0 saturated carbocycles. The zero-order chi connectivity index (χ0) is 21.3. The number of hydrogen-bond donors (Lipinski definition) is 2. The van der Waals surface area contributed by atoms with E-state index in [9.17, 15) is 19.5 Å². The fourth-order valence-corrected chi connectivity index (χ4v) is 3.29. The third-order valence-corrected chi connectivity index (χ3v) is 4.84. The highest BCUT2D eigenvalue weighted by molar-refractivity contribution is 6.35. The van der Waals surface area contributed by atoms with E-state index in [0.717, 1.165) is 0 Å². The van der Waals surface area contributed by atoms with Crippen molar-refractivity contribution in [3.05, 3.63) is 62.4 Å². The number of benzene rings is 2. The van der Waals surface area contributed by atoms with E-state index in [2.05, 4.69) is 0 Å². The zero-order valence-electron chi connectivity index (χ0n) is 15.1. The summed E-state index contributed by atoms with van der Waals surface area (Å²) in [4.78, 5) is 35.6. The Morgan fingerprint density at radius 1 is 1.10 bits per heavy atom. The van der Waals surface area contributed by atoms with Gasteiger partial charge in [-0.2, -0.15) is 0 Å². The molecule has 3 rings (SSSR count). The molecule has 3 aromatic rings. The van der Waals surface area contributed by atoms with Crippen molar-refractivity contribution in [2.75, 3.05) is 0 Å². The second kappa shape index (κ2) is 8.14. The highest BCUT2D eigenvalue weighted by atomic mass is 35.5. The molecule has 9 heteroatoms. The summed E-state index contributed by atoms with van der Waals surface area (Å²) in [6, 6.07) is 9.29. The van der Waals surface area contributed by atoms with Crippen molar-refractivity contribution in [1.29, 1.82) is 0 Å². The van der Waals surface area contributed by atoms with Crippen LogP contribution in [0, 0.1) is 0 Å². The van der Waals surface area contributed by atoms with Crippen LogP contribution in [0.4, 0.5) is 0 Å². The van der Waals surface area contributed by atoms with E-state index in [4.69, 9.17) is 33.0 Å². The number of ketones is 1. The number of carbonyl (C=O) groups excluding carboxylic acids is 1. The number of pyridine rings is 1. The van der Waals surface area contributed by atoms with E-state index < -0.39 is 35.0 Å². The summed E-state index contributed by atoms with van der Waals surface area (Å²) in [5.41, 5.74) is -0.840. The zero-order valence-corrected chi connectivity index (χ0v) is 16.6. The number of aromatic hydroxyl groups is 1. The molecule has 0 spiro atoms. The average Bonchev–Trinajstić information content (AvgIpc) is 2.67. The van der Waals surface area contributed by atoms with Gasteiger partial charge < -0.3 is 19.5 Å². The highest BCUT2D eigenvalue weighted by Gasteiger charge is 2.22. The van der Waals surface area contributed by atoms with Crippen LogP contribution in [-0.2, 0) is 11.8 Å². The van der Waals surface area contributed by atoms with Crippen LogP contribution in [0.1, 0.15) is 23.2 Å². The Bertz CT molecular complexity index is 1200. The number of aliphatic carboxylic acids is 1. The number of carboxylic acid groups (broad SMARTS) is 1. The first-order valence-corrected chi connectivity index (χ1v) is 9.18. The van der Waals surface area contributed by atoms with Gasteiger partial charge in [0, 0.05) is 29.9 Å². The van der Waals surface area contributed by atoms with Gasteiger partial charge >= 0.3 is 5.97 Å². The van der Waals surface area contributed by atoms with Crippen LogP contribution in [-0.4, -0.2) is 26.5 Å². The molecular formula is C20H15Cl2NO6. The van der Waals surface area contributed by atoms with Crippen molar-refractivity contribution in [2.45, 2.75) is 12.8 Å². The molecule has 0 unspecified atom stereocenters. The number of fused-ring (bicyclic) bond motifs is 1. The third kappa shape index (κ3) is 4.21. The molecule has 1 heterocycles. The van der Waals surface area contributed by atoms with Crippen LogP contribution >= 0.6 is 23.2 Å². The lowest BCUT2D eigenvalue weighted by Gasteiger charge is -2.13. The van der Waals surface area contributed by atoms with Crippen molar-refractivity contribution < 1.29 is 24.5 Å². The molecule has 0 fully saturated rings. The van der Waals surface area contributed by atoms with Crippen molar-refractivity contribution in [3.8, 4) is 17.2 Å². The van der Waals surface area contributed by atoms with Crippen LogP contribution in [0.15, 0.2) is 41.2 Å². The van der Waals surface area contributed by atoms with Crippen molar-refractivity contribution >= 4 is 45.9 Å². The van der Waals surface area contributed by atoms with Crippen molar-refractivity contribution in [3.63, 3.8) is 0 Å². The molecule has 0 aliphatic heterocycles. The summed E-state index contributed by atoms with van der Waals surface area (Å²) in [6.45, 7) is 0. The number of halogens is 2. The predicted octanol–water partition coefficient (Wildman–Crippen LogP) is 4.39. The number of rotatable bonds is 6. The molecule has 0 atom stereocenters. The summed E-state index contributed by atoms with van der Waals surface area (Å²) in [5.74, 6) is -1.69. The number of nitrogens with zero attached hydrogens (tertiary/aromatic N) is 1. The second-order valence-electron chi connectivity index (χ2n) is 6.26. The molecule has 0 aliphatic carbocycles. The fourth-order valence-electron chi connectivity index (χ4n) is 2.85. The van der Waals surface area contributed by atoms with E-state index in [1.54, 1.807) is 18.2 Å². The molecule has 0 saturated heterocycles. The molecule has 0 aliphatic rings. The monoisotopic (exact) mass is 435 g/mol. The van der Waals surface area contributed by atoms with Gasteiger partial charge in [0.2, 0.25) is 0 Å². The fraction of sp³-hybridized carbons (Fsp3) is 0.150. The number of aromatic nitrogens is 1.